The van der Waals surface area contributed by atoms with E-state index >= 15 is 0 Å². The molecule has 4 rings (SSSR count). The molecule has 0 aromatic rings. The third kappa shape index (κ3) is 3.40. The van der Waals surface area contributed by atoms with E-state index < -0.39 is 47.3 Å². The van der Waals surface area contributed by atoms with Crippen molar-refractivity contribution in [2.24, 2.45) is 35.5 Å². The molecule has 0 radical (unpaired) electrons. The van der Waals surface area contributed by atoms with Gasteiger partial charge in [0.25, 0.3) is 11.6 Å². The average Bonchev–Trinajstić information content (AvgIpc) is 3.00. The van der Waals surface area contributed by atoms with Crippen LogP contribution in [0.25, 0.3) is 0 Å². The molecule has 0 N–H and O–H groups in total. The highest BCUT2D eigenvalue weighted by molar-refractivity contribution is 6.01. The van der Waals surface area contributed by atoms with Gasteiger partial charge in [-0.1, -0.05) is 27.7 Å². The van der Waals surface area contributed by atoms with E-state index in [1.807, 2.05) is 27.7 Å². The Kier molecular flexibility index (Phi) is 4.66. The molecular formula is C21H28O8. The lowest BCUT2D eigenvalue weighted by Crippen LogP contribution is -2.52. The van der Waals surface area contributed by atoms with Gasteiger partial charge in [0.15, 0.2) is 11.8 Å². The fraction of sp³-hybridized carbons (Fsp3) is 0.810. The second-order valence-corrected chi connectivity index (χ2v) is 9.57. The van der Waals surface area contributed by atoms with Crippen molar-refractivity contribution in [2.75, 3.05) is 0 Å². The number of carbonyl (C=O) groups is 4. The number of esters is 4. The Balaban J connectivity index is 1.44. The number of ether oxygens (including phenoxy) is 4. The van der Waals surface area contributed by atoms with Gasteiger partial charge in [0, 0.05) is 25.7 Å². The van der Waals surface area contributed by atoms with Crippen LogP contribution in [-0.4, -0.2) is 35.5 Å². The van der Waals surface area contributed by atoms with E-state index in [0.29, 0.717) is 25.7 Å². The fourth-order valence-electron chi connectivity index (χ4n) is 5.14. The van der Waals surface area contributed by atoms with Gasteiger partial charge < -0.3 is 18.9 Å². The Morgan fingerprint density at radius 2 is 0.828 bits per heavy atom. The fourth-order valence-corrected chi connectivity index (χ4v) is 5.14. The van der Waals surface area contributed by atoms with Crippen molar-refractivity contribution in [1.82, 2.24) is 0 Å². The lowest BCUT2D eigenvalue weighted by molar-refractivity contribution is -0.257. The molecule has 4 aliphatic rings. The van der Waals surface area contributed by atoms with Gasteiger partial charge in [0.05, 0.1) is 0 Å². The SMILES string of the molecule is CC1CC2(CC1C)OC(=O)C(CC1C(=O)OC3(CC(C)C(C)C3)OC1=O)C(=O)O2. The van der Waals surface area contributed by atoms with E-state index in [4.69, 9.17) is 18.9 Å². The minimum atomic E-state index is -1.34. The van der Waals surface area contributed by atoms with Gasteiger partial charge >= 0.3 is 23.9 Å². The van der Waals surface area contributed by atoms with Gasteiger partial charge in [-0.15, -0.1) is 0 Å². The smallest absolute Gasteiger partial charge is 0.323 e. The molecule has 2 spiro atoms. The van der Waals surface area contributed by atoms with Crippen LogP contribution in [0.1, 0.15) is 59.8 Å². The molecule has 2 aliphatic heterocycles. The van der Waals surface area contributed by atoms with Crippen LogP contribution in [0.15, 0.2) is 0 Å². The average molecular weight is 408 g/mol. The number of carbonyl (C=O) groups excluding carboxylic acids is 4. The molecule has 4 unspecified atom stereocenters. The van der Waals surface area contributed by atoms with E-state index in [1.54, 1.807) is 0 Å². The topological polar surface area (TPSA) is 105 Å². The Morgan fingerprint density at radius 1 is 0.586 bits per heavy atom. The van der Waals surface area contributed by atoms with Crippen LogP contribution in [0.2, 0.25) is 0 Å². The summed E-state index contributed by atoms with van der Waals surface area (Å²) in [4.78, 5) is 50.3. The monoisotopic (exact) mass is 408 g/mol. The van der Waals surface area contributed by atoms with Crippen LogP contribution >= 0.6 is 0 Å². The molecule has 4 atom stereocenters. The van der Waals surface area contributed by atoms with Crippen LogP contribution in [0.4, 0.5) is 0 Å². The standard InChI is InChI=1S/C21H28O8/c1-10-6-20(7-11(10)2)26-16(22)14(17(23)27-20)5-15-18(24)28-21(29-19(15)25)8-12(3)13(4)9-21/h10-15H,5-9H2,1-4H3. The first-order chi connectivity index (χ1) is 13.5. The van der Waals surface area contributed by atoms with Crippen molar-refractivity contribution in [2.45, 2.75) is 71.4 Å². The zero-order valence-electron chi connectivity index (χ0n) is 17.3. The van der Waals surface area contributed by atoms with Gasteiger partial charge in [-0.25, -0.2) is 0 Å². The van der Waals surface area contributed by atoms with E-state index in [-0.39, 0.29) is 30.1 Å². The van der Waals surface area contributed by atoms with Gasteiger partial charge in [0.2, 0.25) is 0 Å². The largest absolute Gasteiger partial charge is 0.422 e. The first kappa shape index (κ1) is 20.2. The molecule has 4 fully saturated rings. The van der Waals surface area contributed by atoms with Crippen molar-refractivity contribution < 1.29 is 38.1 Å². The first-order valence-corrected chi connectivity index (χ1v) is 10.4. The van der Waals surface area contributed by atoms with Gasteiger partial charge in [-0.05, 0) is 30.1 Å². The number of hydrogen-bond donors (Lipinski definition) is 0. The molecule has 2 saturated carbocycles. The summed E-state index contributed by atoms with van der Waals surface area (Å²) in [5, 5.41) is 0. The highest BCUT2D eigenvalue weighted by Gasteiger charge is 2.58. The van der Waals surface area contributed by atoms with E-state index in [0.717, 1.165) is 0 Å². The van der Waals surface area contributed by atoms with Gasteiger partial charge in [-0.3, -0.25) is 19.2 Å². The Hall–Kier alpha value is -2.12. The Labute approximate surface area is 169 Å². The summed E-state index contributed by atoms with van der Waals surface area (Å²) >= 11 is 0. The second kappa shape index (κ2) is 6.71. The van der Waals surface area contributed by atoms with Crippen LogP contribution < -0.4 is 0 Å². The summed E-state index contributed by atoms with van der Waals surface area (Å²) < 4.78 is 22.0. The quantitative estimate of drug-likeness (QED) is 0.506. The molecule has 160 valence electrons. The normalized spacial score (nSPS) is 47.2. The highest BCUT2D eigenvalue weighted by atomic mass is 16.8. The minimum absolute atomic E-state index is 0.253. The second-order valence-electron chi connectivity index (χ2n) is 9.57. The minimum Gasteiger partial charge on any atom is -0.422 e. The van der Waals surface area contributed by atoms with E-state index in [1.165, 1.54) is 0 Å². The van der Waals surface area contributed by atoms with Crippen LogP contribution in [0.5, 0.6) is 0 Å². The Bertz CT molecular complexity index is 636. The number of rotatable bonds is 2. The van der Waals surface area contributed by atoms with E-state index in [9.17, 15) is 19.2 Å². The maximum absolute atomic E-state index is 12.6. The molecule has 0 aromatic heterocycles. The van der Waals surface area contributed by atoms with Crippen molar-refractivity contribution in [3.05, 3.63) is 0 Å². The molecule has 8 heteroatoms. The predicted molar refractivity (Wildman–Crippen MR) is 96.6 cm³/mol. The maximum atomic E-state index is 12.6. The molecule has 2 heterocycles. The molecule has 29 heavy (non-hydrogen) atoms. The lowest BCUT2D eigenvalue weighted by atomic mass is 9.92. The summed E-state index contributed by atoms with van der Waals surface area (Å²) in [7, 11) is 0. The predicted octanol–water partition coefficient (Wildman–Crippen LogP) is 2.33. The van der Waals surface area contributed by atoms with Crippen LogP contribution in [-0.2, 0) is 38.1 Å². The summed E-state index contributed by atoms with van der Waals surface area (Å²) in [6, 6.07) is 0. The molecule has 0 amide bonds. The highest BCUT2D eigenvalue weighted by Crippen LogP contribution is 2.47. The molecular weight excluding hydrogens is 380 g/mol. The van der Waals surface area contributed by atoms with Crippen molar-refractivity contribution in [3.63, 3.8) is 0 Å². The molecule has 8 nitrogen and oxygen atoms in total. The Morgan fingerprint density at radius 3 is 1.07 bits per heavy atom. The zero-order valence-corrected chi connectivity index (χ0v) is 17.3. The molecule has 2 saturated heterocycles. The maximum Gasteiger partial charge on any atom is 0.323 e. The zero-order chi connectivity index (χ0) is 21.1. The van der Waals surface area contributed by atoms with Crippen molar-refractivity contribution in [3.8, 4) is 0 Å². The molecule has 0 aromatic carbocycles. The van der Waals surface area contributed by atoms with Crippen LogP contribution in [0, 0.1) is 35.5 Å². The third-order valence-corrected chi connectivity index (χ3v) is 7.23. The van der Waals surface area contributed by atoms with E-state index in [2.05, 4.69) is 0 Å². The van der Waals surface area contributed by atoms with Gasteiger partial charge in [-0.2, -0.15) is 0 Å². The summed E-state index contributed by atoms with van der Waals surface area (Å²) in [5.74, 6) is -7.15. The summed E-state index contributed by atoms with van der Waals surface area (Å²) in [6.45, 7) is 8.06. The first-order valence-electron chi connectivity index (χ1n) is 10.4. The van der Waals surface area contributed by atoms with Gasteiger partial charge in [0.1, 0.15) is 0 Å². The number of hydrogen-bond acceptors (Lipinski definition) is 8. The summed E-state index contributed by atoms with van der Waals surface area (Å²) in [6.07, 6.45) is 1.43. The van der Waals surface area contributed by atoms with Crippen molar-refractivity contribution >= 4 is 23.9 Å². The lowest BCUT2D eigenvalue weighted by Gasteiger charge is -2.38. The van der Waals surface area contributed by atoms with Crippen molar-refractivity contribution in [1.29, 1.82) is 0 Å². The third-order valence-electron chi connectivity index (χ3n) is 7.23. The molecule has 2 aliphatic carbocycles. The van der Waals surface area contributed by atoms with Crippen LogP contribution in [0.3, 0.4) is 0 Å². The summed E-state index contributed by atoms with van der Waals surface area (Å²) in [5.41, 5.74) is 0. The molecule has 0 bridgehead atoms.